The van der Waals surface area contributed by atoms with E-state index in [0.29, 0.717) is 5.75 Å². The van der Waals surface area contributed by atoms with Crippen molar-refractivity contribution in [2.75, 3.05) is 17.7 Å². The fraction of sp³-hybridized carbons (Fsp3) is 0.462. The normalized spacial score (nSPS) is 18.0. The molecule has 17 heavy (non-hydrogen) atoms. The zero-order valence-electron chi connectivity index (χ0n) is 10.2. The zero-order chi connectivity index (χ0) is 12.3. The SMILES string of the molecule is CCCCC1Nc2cccc(OC)c2NC1=O. The Morgan fingerprint density at radius 1 is 1.41 bits per heavy atom. The minimum absolute atomic E-state index is 0.0236. The number of methoxy groups -OCH3 is 1. The molecule has 4 nitrogen and oxygen atoms in total. The molecule has 1 aliphatic heterocycles. The molecular weight excluding hydrogens is 216 g/mol. The van der Waals surface area contributed by atoms with Crippen molar-refractivity contribution >= 4 is 17.3 Å². The second kappa shape index (κ2) is 5.08. The number of carbonyl (C=O) groups is 1. The molecule has 4 heteroatoms. The molecule has 2 N–H and O–H groups in total. The Morgan fingerprint density at radius 2 is 2.24 bits per heavy atom. The highest BCUT2D eigenvalue weighted by Gasteiger charge is 2.26. The first-order valence-corrected chi connectivity index (χ1v) is 6.00. The molecule has 0 aliphatic carbocycles. The molecule has 2 rings (SSSR count). The van der Waals surface area contributed by atoms with E-state index < -0.39 is 0 Å². The maximum absolute atomic E-state index is 11.9. The lowest BCUT2D eigenvalue weighted by Crippen LogP contribution is -2.38. The highest BCUT2D eigenvalue weighted by molar-refractivity contribution is 6.04. The van der Waals surface area contributed by atoms with E-state index in [1.807, 2.05) is 18.2 Å². The van der Waals surface area contributed by atoms with Gasteiger partial charge in [0, 0.05) is 0 Å². The number of unbranched alkanes of at least 4 members (excludes halogenated alkanes) is 1. The number of ether oxygens (including phenoxy) is 1. The second-order valence-electron chi connectivity index (χ2n) is 4.21. The van der Waals surface area contributed by atoms with Gasteiger partial charge < -0.3 is 15.4 Å². The van der Waals surface area contributed by atoms with Crippen LogP contribution < -0.4 is 15.4 Å². The van der Waals surface area contributed by atoms with Crippen LogP contribution in [0.3, 0.4) is 0 Å². The van der Waals surface area contributed by atoms with Crippen LogP contribution in [0.4, 0.5) is 11.4 Å². The Hall–Kier alpha value is -1.71. The molecule has 1 heterocycles. The van der Waals surface area contributed by atoms with E-state index in [4.69, 9.17) is 4.74 Å². The van der Waals surface area contributed by atoms with Gasteiger partial charge in [0.05, 0.1) is 12.8 Å². The summed E-state index contributed by atoms with van der Waals surface area (Å²) in [6.07, 6.45) is 3.00. The van der Waals surface area contributed by atoms with Crippen LogP contribution in [0.25, 0.3) is 0 Å². The molecule has 1 atom stereocenters. The first-order chi connectivity index (χ1) is 8.26. The molecule has 0 saturated heterocycles. The third-order valence-electron chi connectivity index (χ3n) is 2.99. The number of carbonyl (C=O) groups excluding carboxylic acids is 1. The number of fused-ring (bicyclic) bond motifs is 1. The summed E-state index contributed by atoms with van der Waals surface area (Å²) in [5, 5.41) is 6.18. The van der Waals surface area contributed by atoms with Gasteiger partial charge in [-0.1, -0.05) is 25.8 Å². The van der Waals surface area contributed by atoms with Gasteiger partial charge in [-0.2, -0.15) is 0 Å². The van der Waals surface area contributed by atoms with Crippen molar-refractivity contribution in [3.05, 3.63) is 18.2 Å². The first-order valence-electron chi connectivity index (χ1n) is 6.00. The van der Waals surface area contributed by atoms with Crippen LogP contribution in [0.15, 0.2) is 18.2 Å². The molecule has 1 unspecified atom stereocenters. The minimum Gasteiger partial charge on any atom is -0.494 e. The summed E-state index contributed by atoms with van der Waals surface area (Å²) in [5.41, 5.74) is 1.68. The number of para-hydroxylation sites is 1. The Bertz CT molecular complexity index is 418. The fourth-order valence-corrected chi connectivity index (χ4v) is 2.03. The predicted molar refractivity (Wildman–Crippen MR) is 68.6 cm³/mol. The van der Waals surface area contributed by atoms with Gasteiger partial charge in [-0.15, -0.1) is 0 Å². The molecule has 1 aromatic carbocycles. The van der Waals surface area contributed by atoms with Gasteiger partial charge in [-0.3, -0.25) is 4.79 Å². The Morgan fingerprint density at radius 3 is 2.94 bits per heavy atom. The summed E-state index contributed by atoms with van der Waals surface area (Å²) >= 11 is 0. The highest BCUT2D eigenvalue weighted by atomic mass is 16.5. The van der Waals surface area contributed by atoms with Crippen molar-refractivity contribution in [1.82, 2.24) is 0 Å². The van der Waals surface area contributed by atoms with Crippen molar-refractivity contribution in [2.24, 2.45) is 0 Å². The van der Waals surface area contributed by atoms with Crippen molar-refractivity contribution in [3.8, 4) is 5.75 Å². The number of anilines is 2. The number of amides is 1. The highest BCUT2D eigenvalue weighted by Crippen LogP contribution is 2.35. The summed E-state index contributed by atoms with van der Waals surface area (Å²) in [7, 11) is 1.60. The largest absolute Gasteiger partial charge is 0.494 e. The van der Waals surface area contributed by atoms with Crippen molar-refractivity contribution in [1.29, 1.82) is 0 Å². The van der Waals surface area contributed by atoms with Crippen LogP contribution in [-0.4, -0.2) is 19.1 Å². The van der Waals surface area contributed by atoms with E-state index in [2.05, 4.69) is 17.6 Å². The zero-order valence-corrected chi connectivity index (χ0v) is 10.2. The molecule has 0 aromatic heterocycles. The smallest absolute Gasteiger partial charge is 0.247 e. The minimum atomic E-state index is -0.130. The fourth-order valence-electron chi connectivity index (χ4n) is 2.03. The Balaban J connectivity index is 2.21. The predicted octanol–water partition coefficient (Wildman–Crippen LogP) is 2.62. The van der Waals surface area contributed by atoms with E-state index in [-0.39, 0.29) is 11.9 Å². The topological polar surface area (TPSA) is 50.4 Å². The Labute approximate surface area is 101 Å². The number of benzene rings is 1. The standard InChI is InChI=1S/C13H18N2O2/c1-3-4-6-10-13(16)15-12-9(14-10)7-5-8-11(12)17-2/h5,7-8,10,14H,3-4,6H2,1-2H3,(H,15,16). The third kappa shape index (κ3) is 2.35. The van der Waals surface area contributed by atoms with Crippen LogP contribution in [-0.2, 0) is 4.79 Å². The molecule has 0 fully saturated rings. The quantitative estimate of drug-likeness (QED) is 0.842. The van der Waals surface area contributed by atoms with Gasteiger partial charge >= 0.3 is 0 Å². The van der Waals surface area contributed by atoms with Gasteiger partial charge in [0.2, 0.25) is 5.91 Å². The van der Waals surface area contributed by atoms with E-state index in [0.717, 1.165) is 30.6 Å². The molecule has 0 saturated carbocycles. The first kappa shape index (κ1) is 11.8. The second-order valence-corrected chi connectivity index (χ2v) is 4.21. The van der Waals surface area contributed by atoms with E-state index in [1.165, 1.54) is 0 Å². The van der Waals surface area contributed by atoms with Crippen molar-refractivity contribution in [2.45, 2.75) is 32.2 Å². The molecule has 1 aliphatic rings. The average molecular weight is 234 g/mol. The average Bonchev–Trinajstić information content (AvgIpc) is 2.35. The number of rotatable bonds is 4. The van der Waals surface area contributed by atoms with Gasteiger partial charge in [0.25, 0.3) is 0 Å². The molecule has 92 valence electrons. The third-order valence-corrected chi connectivity index (χ3v) is 2.99. The maximum Gasteiger partial charge on any atom is 0.247 e. The molecule has 1 amide bonds. The van der Waals surface area contributed by atoms with Crippen LogP contribution >= 0.6 is 0 Å². The maximum atomic E-state index is 11.9. The van der Waals surface area contributed by atoms with Gasteiger partial charge in [-0.25, -0.2) is 0 Å². The van der Waals surface area contributed by atoms with Gasteiger partial charge in [0.15, 0.2) is 0 Å². The summed E-state index contributed by atoms with van der Waals surface area (Å²) in [4.78, 5) is 11.9. The number of nitrogens with one attached hydrogen (secondary N) is 2. The molecule has 0 spiro atoms. The van der Waals surface area contributed by atoms with Gasteiger partial charge in [-0.05, 0) is 18.6 Å². The summed E-state index contributed by atoms with van der Waals surface area (Å²) in [6.45, 7) is 2.12. The Kier molecular flexibility index (Phi) is 3.52. The lowest BCUT2D eigenvalue weighted by atomic mass is 10.1. The summed E-state index contributed by atoms with van der Waals surface area (Å²) in [5.74, 6) is 0.716. The van der Waals surface area contributed by atoms with Gasteiger partial charge in [0.1, 0.15) is 17.5 Å². The lowest BCUT2D eigenvalue weighted by Gasteiger charge is -2.27. The summed E-state index contributed by atoms with van der Waals surface area (Å²) in [6, 6.07) is 5.58. The molecule has 0 radical (unpaired) electrons. The van der Waals surface area contributed by atoms with Crippen LogP contribution in [0.5, 0.6) is 5.75 Å². The van der Waals surface area contributed by atoms with Crippen LogP contribution in [0.1, 0.15) is 26.2 Å². The van der Waals surface area contributed by atoms with E-state index >= 15 is 0 Å². The van der Waals surface area contributed by atoms with Crippen LogP contribution in [0, 0.1) is 0 Å². The van der Waals surface area contributed by atoms with Crippen molar-refractivity contribution in [3.63, 3.8) is 0 Å². The number of hydrogen-bond donors (Lipinski definition) is 2. The van der Waals surface area contributed by atoms with E-state index in [1.54, 1.807) is 7.11 Å². The lowest BCUT2D eigenvalue weighted by molar-refractivity contribution is -0.117. The van der Waals surface area contributed by atoms with Crippen molar-refractivity contribution < 1.29 is 9.53 Å². The summed E-state index contributed by atoms with van der Waals surface area (Å²) < 4.78 is 5.22. The monoisotopic (exact) mass is 234 g/mol. The van der Waals surface area contributed by atoms with Crippen LogP contribution in [0.2, 0.25) is 0 Å². The molecular formula is C13H18N2O2. The van der Waals surface area contributed by atoms with E-state index in [9.17, 15) is 4.79 Å². The molecule has 1 aromatic rings. The molecule has 0 bridgehead atoms. The number of hydrogen-bond acceptors (Lipinski definition) is 3.